The van der Waals surface area contributed by atoms with Crippen LogP contribution in [0.4, 0.5) is 4.39 Å². The molecule has 0 radical (unpaired) electrons. The molecule has 1 aromatic carbocycles. The highest BCUT2D eigenvalue weighted by molar-refractivity contribution is 5.94. The molecule has 1 amide bonds. The molecule has 0 aliphatic rings. The van der Waals surface area contributed by atoms with Crippen LogP contribution >= 0.6 is 0 Å². The number of pyridine rings is 1. The molecular weight excluding hydrogens is 287 g/mol. The summed E-state index contributed by atoms with van der Waals surface area (Å²) in [5.41, 5.74) is 0.713. The molecule has 1 heterocycles. The van der Waals surface area contributed by atoms with Crippen LogP contribution in [0.3, 0.4) is 0 Å². The summed E-state index contributed by atoms with van der Waals surface area (Å²) in [6, 6.07) is 6.65. The van der Waals surface area contributed by atoms with Crippen molar-refractivity contribution < 1.29 is 13.9 Å². The van der Waals surface area contributed by atoms with Gasteiger partial charge in [0, 0.05) is 11.3 Å². The molecule has 1 aromatic heterocycles. The number of H-pyrrole nitrogens is 1. The molecule has 2 N–H and O–H groups in total. The van der Waals surface area contributed by atoms with E-state index in [1.54, 1.807) is 19.9 Å². The summed E-state index contributed by atoms with van der Waals surface area (Å²) in [4.78, 5) is 26.5. The van der Waals surface area contributed by atoms with E-state index in [4.69, 9.17) is 4.74 Å². The van der Waals surface area contributed by atoms with E-state index in [2.05, 4.69) is 10.3 Å². The van der Waals surface area contributed by atoms with Gasteiger partial charge in [-0.25, -0.2) is 4.39 Å². The third-order valence-electron chi connectivity index (χ3n) is 3.31. The monoisotopic (exact) mass is 304 g/mol. The summed E-state index contributed by atoms with van der Waals surface area (Å²) in [5, 5.41) is 2.67. The van der Waals surface area contributed by atoms with Crippen molar-refractivity contribution in [3.63, 3.8) is 0 Å². The number of aryl methyl sites for hydroxylation is 1. The molecule has 6 heteroatoms. The van der Waals surface area contributed by atoms with Gasteiger partial charge in [-0.2, -0.15) is 0 Å². The number of rotatable bonds is 4. The summed E-state index contributed by atoms with van der Waals surface area (Å²) in [5.74, 6) is -0.489. The number of aromatic nitrogens is 1. The number of ether oxygens (including phenoxy) is 1. The fraction of sp³-hybridized carbons (Fsp3) is 0.250. The van der Waals surface area contributed by atoms with E-state index in [1.165, 1.54) is 31.4 Å². The van der Waals surface area contributed by atoms with Gasteiger partial charge in [0.15, 0.2) is 0 Å². The van der Waals surface area contributed by atoms with E-state index in [1.807, 2.05) is 0 Å². The number of methoxy groups -OCH3 is 1. The molecule has 5 nitrogen and oxygen atoms in total. The molecule has 1 atom stereocenters. The van der Waals surface area contributed by atoms with Crippen LogP contribution in [-0.4, -0.2) is 18.0 Å². The summed E-state index contributed by atoms with van der Waals surface area (Å²) in [6.07, 6.45) is 0. The number of carbonyl (C=O) groups is 1. The molecule has 0 aliphatic carbocycles. The minimum absolute atomic E-state index is 0.00724. The average Bonchev–Trinajstić information content (AvgIpc) is 2.46. The molecule has 22 heavy (non-hydrogen) atoms. The Bertz CT molecular complexity index is 755. The van der Waals surface area contributed by atoms with Crippen molar-refractivity contribution in [1.29, 1.82) is 0 Å². The molecular formula is C16H17FN2O3. The van der Waals surface area contributed by atoms with Crippen LogP contribution in [0.15, 0.2) is 35.1 Å². The lowest BCUT2D eigenvalue weighted by Gasteiger charge is -2.17. The lowest BCUT2D eigenvalue weighted by atomic mass is 10.1. The number of benzene rings is 1. The van der Waals surface area contributed by atoms with Gasteiger partial charge >= 0.3 is 0 Å². The maximum Gasteiger partial charge on any atom is 0.260 e. The largest absolute Gasteiger partial charge is 0.496 e. The van der Waals surface area contributed by atoms with Crippen molar-refractivity contribution in [1.82, 2.24) is 10.3 Å². The molecule has 0 saturated carbocycles. The minimum Gasteiger partial charge on any atom is -0.496 e. The molecule has 0 unspecified atom stereocenters. The number of carbonyl (C=O) groups excluding carboxylic acids is 1. The molecule has 116 valence electrons. The van der Waals surface area contributed by atoms with Crippen molar-refractivity contribution in [2.45, 2.75) is 19.9 Å². The Balaban J connectivity index is 2.25. The van der Waals surface area contributed by atoms with E-state index in [9.17, 15) is 14.0 Å². The van der Waals surface area contributed by atoms with Crippen molar-refractivity contribution in [2.24, 2.45) is 0 Å². The summed E-state index contributed by atoms with van der Waals surface area (Å²) >= 11 is 0. The van der Waals surface area contributed by atoms with Gasteiger partial charge in [-0.1, -0.05) is 0 Å². The smallest absolute Gasteiger partial charge is 0.260 e. The van der Waals surface area contributed by atoms with E-state index < -0.39 is 23.3 Å². The average molecular weight is 304 g/mol. The van der Waals surface area contributed by atoms with Crippen LogP contribution in [0, 0.1) is 12.7 Å². The molecule has 0 saturated heterocycles. The predicted octanol–water partition coefficient (Wildman–Crippen LogP) is 2.32. The van der Waals surface area contributed by atoms with Crippen molar-refractivity contribution in [3.05, 3.63) is 63.3 Å². The number of amides is 1. The number of aromatic amines is 1. The zero-order valence-corrected chi connectivity index (χ0v) is 12.6. The third kappa shape index (κ3) is 3.33. The second kappa shape index (κ2) is 6.43. The standard InChI is InChI=1S/C16H17FN2O3/c1-9-4-6-12(15(20)18-9)16(21)19-10(2)13-8-11(17)5-7-14(13)22-3/h4-8,10H,1-3H3,(H,18,20)(H,19,21)/t10-/m1/s1. The molecule has 0 spiro atoms. The highest BCUT2D eigenvalue weighted by Crippen LogP contribution is 2.25. The van der Waals surface area contributed by atoms with Crippen LogP contribution in [0.1, 0.15) is 34.6 Å². The quantitative estimate of drug-likeness (QED) is 0.910. The van der Waals surface area contributed by atoms with Crippen LogP contribution in [0.5, 0.6) is 5.75 Å². The van der Waals surface area contributed by atoms with Crippen LogP contribution in [0.2, 0.25) is 0 Å². The summed E-state index contributed by atoms with van der Waals surface area (Å²) < 4.78 is 18.6. The first-order valence-electron chi connectivity index (χ1n) is 6.76. The lowest BCUT2D eigenvalue weighted by Crippen LogP contribution is -2.31. The Labute approximate surface area is 127 Å². The third-order valence-corrected chi connectivity index (χ3v) is 3.31. The molecule has 0 fully saturated rings. The van der Waals surface area contributed by atoms with E-state index in [0.29, 0.717) is 17.0 Å². The lowest BCUT2D eigenvalue weighted by molar-refractivity contribution is 0.0938. The van der Waals surface area contributed by atoms with Crippen LogP contribution in [0.25, 0.3) is 0 Å². The van der Waals surface area contributed by atoms with E-state index >= 15 is 0 Å². The van der Waals surface area contributed by atoms with Crippen molar-refractivity contribution in [3.8, 4) is 5.75 Å². The molecule has 2 rings (SSSR count). The first kappa shape index (κ1) is 15.8. The molecule has 2 aromatic rings. The highest BCUT2D eigenvalue weighted by Gasteiger charge is 2.17. The summed E-state index contributed by atoms with van der Waals surface area (Å²) in [6.45, 7) is 3.42. The van der Waals surface area contributed by atoms with E-state index in [-0.39, 0.29) is 5.56 Å². The number of hydrogen-bond acceptors (Lipinski definition) is 3. The van der Waals surface area contributed by atoms with Gasteiger partial charge in [0.25, 0.3) is 11.5 Å². The number of hydrogen-bond donors (Lipinski definition) is 2. The molecule has 0 bridgehead atoms. The Hall–Kier alpha value is -2.63. The topological polar surface area (TPSA) is 71.2 Å². The second-order valence-electron chi connectivity index (χ2n) is 4.97. The van der Waals surface area contributed by atoms with Gasteiger partial charge in [-0.3, -0.25) is 9.59 Å². The number of nitrogens with one attached hydrogen (secondary N) is 2. The maximum absolute atomic E-state index is 13.4. The second-order valence-corrected chi connectivity index (χ2v) is 4.97. The van der Waals surface area contributed by atoms with Crippen LogP contribution in [-0.2, 0) is 0 Å². The predicted molar refractivity (Wildman–Crippen MR) is 80.6 cm³/mol. The Kier molecular flexibility index (Phi) is 4.60. The zero-order chi connectivity index (χ0) is 16.3. The Morgan fingerprint density at radius 2 is 2.05 bits per heavy atom. The fourth-order valence-electron chi connectivity index (χ4n) is 2.15. The minimum atomic E-state index is -0.528. The van der Waals surface area contributed by atoms with Gasteiger partial charge in [-0.05, 0) is 44.2 Å². The highest BCUT2D eigenvalue weighted by atomic mass is 19.1. The first-order chi connectivity index (χ1) is 10.4. The maximum atomic E-state index is 13.4. The van der Waals surface area contributed by atoms with Gasteiger partial charge in [0.1, 0.15) is 17.1 Å². The van der Waals surface area contributed by atoms with E-state index in [0.717, 1.165) is 0 Å². The first-order valence-corrected chi connectivity index (χ1v) is 6.76. The van der Waals surface area contributed by atoms with Crippen LogP contribution < -0.4 is 15.6 Å². The fourth-order valence-corrected chi connectivity index (χ4v) is 2.15. The SMILES string of the molecule is COc1ccc(F)cc1[C@@H](C)NC(=O)c1ccc(C)[nH]c1=O. The Morgan fingerprint density at radius 3 is 2.68 bits per heavy atom. The van der Waals surface area contributed by atoms with Gasteiger partial charge < -0.3 is 15.0 Å². The molecule has 0 aliphatic heterocycles. The zero-order valence-electron chi connectivity index (χ0n) is 12.6. The van der Waals surface area contributed by atoms with Crippen molar-refractivity contribution in [2.75, 3.05) is 7.11 Å². The van der Waals surface area contributed by atoms with Gasteiger partial charge in [0.05, 0.1) is 13.2 Å². The normalized spacial score (nSPS) is 11.8. The Morgan fingerprint density at radius 1 is 1.32 bits per heavy atom. The van der Waals surface area contributed by atoms with Gasteiger partial charge in [-0.15, -0.1) is 0 Å². The summed E-state index contributed by atoms with van der Waals surface area (Å²) in [7, 11) is 1.47. The van der Waals surface area contributed by atoms with Crippen molar-refractivity contribution >= 4 is 5.91 Å². The number of halogens is 1. The van der Waals surface area contributed by atoms with Gasteiger partial charge in [0.2, 0.25) is 0 Å².